The molecule has 0 spiro atoms. The highest BCUT2D eigenvalue weighted by Crippen LogP contribution is 2.51. The highest BCUT2D eigenvalue weighted by molar-refractivity contribution is 6.33. The van der Waals surface area contributed by atoms with Crippen molar-refractivity contribution in [3.8, 4) is 33.4 Å². The summed E-state index contributed by atoms with van der Waals surface area (Å²) in [5.74, 6) is 0. The van der Waals surface area contributed by atoms with Gasteiger partial charge in [-0.3, -0.25) is 0 Å². The summed E-state index contributed by atoms with van der Waals surface area (Å²) in [7, 11) is 0. The fraction of sp³-hybridized carbons (Fsp3) is 0.0278. The van der Waals surface area contributed by atoms with E-state index >= 15 is 0 Å². The average molecular weight is 960 g/mol. The first kappa shape index (κ1) is 45.2. The van der Waals surface area contributed by atoms with E-state index in [1.807, 2.05) is 0 Å². The lowest BCUT2D eigenvalue weighted by Crippen LogP contribution is -2.16. The van der Waals surface area contributed by atoms with Crippen molar-refractivity contribution in [2.75, 3.05) is 14.7 Å². The molecule has 0 heterocycles. The smallest absolute Gasteiger partial charge is 0.0468 e. The van der Waals surface area contributed by atoms with E-state index in [-0.39, 0.29) is 0 Å². The maximum Gasteiger partial charge on any atom is 0.0468 e. The molecular weight excluding hydrogens is 907 g/mol. The van der Waals surface area contributed by atoms with Crippen LogP contribution in [-0.4, -0.2) is 0 Å². The molecule has 0 aliphatic heterocycles. The molecule has 0 fully saturated rings. The first-order valence-electron chi connectivity index (χ1n) is 26.0. The third-order valence-electron chi connectivity index (χ3n) is 14.6. The second kappa shape index (κ2) is 20.1. The van der Waals surface area contributed by atoms with Crippen LogP contribution in [0.25, 0.3) is 65.7 Å². The van der Waals surface area contributed by atoms with Crippen molar-refractivity contribution in [1.29, 1.82) is 0 Å². The molecular formula is C72H53N3. The Kier molecular flexibility index (Phi) is 12.1. The predicted molar refractivity (Wildman–Crippen MR) is 320 cm³/mol. The van der Waals surface area contributed by atoms with Gasteiger partial charge in [0, 0.05) is 51.2 Å². The summed E-state index contributed by atoms with van der Waals surface area (Å²) in [4.78, 5) is 7.14. The Balaban J connectivity index is 1.15. The van der Waals surface area contributed by atoms with E-state index in [9.17, 15) is 0 Å². The Bertz CT molecular complexity index is 3930. The predicted octanol–water partition coefficient (Wildman–Crippen LogP) is 20.5. The van der Waals surface area contributed by atoms with E-state index in [1.54, 1.807) is 0 Å². The average Bonchev–Trinajstić information content (AvgIpc) is 3.50. The minimum absolute atomic E-state index is 0.996. The second-order valence-corrected chi connectivity index (χ2v) is 19.1. The van der Waals surface area contributed by atoms with Crippen LogP contribution in [0.3, 0.4) is 0 Å². The lowest BCUT2D eigenvalue weighted by Gasteiger charge is -2.29. The maximum atomic E-state index is 2.46. The number of hydrogen-bond acceptors (Lipinski definition) is 3. The van der Waals surface area contributed by atoms with Crippen molar-refractivity contribution in [2.24, 2.45) is 0 Å². The van der Waals surface area contributed by atoms with Crippen LogP contribution in [0, 0.1) is 0 Å². The maximum absolute atomic E-state index is 2.46. The van der Waals surface area contributed by atoms with Crippen LogP contribution >= 0.6 is 0 Å². The summed E-state index contributed by atoms with van der Waals surface area (Å²) in [6.45, 7) is 0. The summed E-state index contributed by atoms with van der Waals surface area (Å²) in [5.41, 5.74) is 17.0. The number of fused-ring (bicyclic) bond motifs is 6. The number of nitrogens with zero attached hydrogens (tertiary/aromatic N) is 3. The van der Waals surface area contributed by atoms with Gasteiger partial charge < -0.3 is 14.7 Å². The molecule has 3 heteroatoms. The van der Waals surface area contributed by atoms with Crippen molar-refractivity contribution in [2.45, 2.75) is 12.8 Å². The molecule has 1 aliphatic rings. The van der Waals surface area contributed by atoms with Gasteiger partial charge in [-0.05, 0) is 188 Å². The van der Waals surface area contributed by atoms with Crippen LogP contribution in [-0.2, 0) is 0 Å². The van der Waals surface area contributed by atoms with E-state index in [1.165, 1.54) is 65.8 Å². The van der Waals surface area contributed by atoms with E-state index in [2.05, 4.69) is 312 Å². The molecule has 13 rings (SSSR count). The standard InChI is InChI=1S/C72H53N3/c1-9-25-52(26-10-1)66-51-67(53-27-11-2-12-28-53)71-64-47-45-62(74(57-33-17-5-18-34-57)58-35-19-6-20-36-58)49-68(64)69-50-63(75(59-37-21-7-22-38-59)60-39-23-8-24-40-60)46-48-65(69)72(71)70(66)54-41-43-61(44-42-54)73(55-29-13-3-14-30-55)56-31-15-4-16-32-56/h1-7,9-23,25-51H,8,24H2. The molecule has 0 amide bonds. The molecule has 12 aromatic carbocycles. The van der Waals surface area contributed by atoms with E-state index < -0.39 is 0 Å². The number of allylic oxidation sites excluding steroid dienone is 3. The highest BCUT2D eigenvalue weighted by Gasteiger charge is 2.25. The first-order chi connectivity index (χ1) is 37.2. The molecule has 0 N–H and O–H groups in total. The number of anilines is 8. The zero-order valence-corrected chi connectivity index (χ0v) is 41.5. The summed E-state index contributed by atoms with van der Waals surface area (Å²) in [6.07, 6.45) is 9.00. The van der Waals surface area contributed by atoms with Gasteiger partial charge in [-0.25, -0.2) is 0 Å². The van der Waals surface area contributed by atoms with Crippen molar-refractivity contribution in [3.63, 3.8) is 0 Å². The number of benzene rings is 12. The molecule has 1 aliphatic carbocycles. The lowest BCUT2D eigenvalue weighted by molar-refractivity contribution is 0.997. The van der Waals surface area contributed by atoms with Crippen LogP contribution < -0.4 is 14.7 Å². The zero-order valence-electron chi connectivity index (χ0n) is 41.5. The quantitative estimate of drug-likeness (QED) is 0.113. The minimum Gasteiger partial charge on any atom is -0.311 e. The van der Waals surface area contributed by atoms with Gasteiger partial charge in [0.15, 0.2) is 0 Å². The first-order valence-corrected chi connectivity index (χ1v) is 26.0. The van der Waals surface area contributed by atoms with Gasteiger partial charge in [0.25, 0.3) is 0 Å². The van der Waals surface area contributed by atoms with Gasteiger partial charge >= 0.3 is 0 Å². The molecule has 0 saturated carbocycles. The molecule has 12 aromatic rings. The third-order valence-corrected chi connectivity index (χ3v) is 14.6. The second-order valence-electron chi connectivity index (χ2n) is 19.1. The monoisotopic (exact) mass is 959 g/mol. The number of hydrogen-bond donors (Lipinski definition) is 0. The highest BCUT2D eigenvalue weighted by atomic mass is 15.2. The van der Waals surface area contributed by atoms with E-state index in [0.717, 1.165) is 63.9 Å². The summed E-state index contributed by atoms with van der Waals surface area (Å²) in [6, 6.07) is 102. The van der Waals surface area contributed by atoms with Crippen LogP contribution in [0.2, 0.25) is 0 Å². The molecule has 0 aromatic heterocycles. The van der Waals surface area contributed by atoms with E-state index in [4.69, 9.17) is 0 Å². The van der Waals surface area contributed by atoms with Gasteiger partial charge in [-0.2, -0.15) is 0 Å². The van der Waals surface area contributed by atoms with Crippen LogP contribution in [0.4, 0.5) is 45.5 Å². The number of rotatable bonds is 12. The Morgan fingerprint density at radius 3 is 1.08 bits per heavy atom. The lowest BCUT2D eigenvalue weighted by atomic mass is 9.81. The summed E-state index contributed by atoms with van der Waals surface area (Å²) in [5, 5.41) is 7.19. The fourth-order valence-corrected chi connectivity index (χ4v) is 11.2. The molecule has 3 nitrogen and oxygen atoms in total. The third kappa shape index (κ3) is 8.61. The van der Waals surface area contributed by atoms with E-state index in [0.29, 0.717) is 0 Å². The summed E-state index contributed by atoms with van der Waals surface area (Å²) < 4.78 is 0. The van der Waals surface area contributed by atoms with Crippen LogP contribution in [0.5, 0.6) is 0 Å². The molecule has 0 atom stereocenters. The molecule has 0 unspecified atom stereocenters. The molecule has 75 heavy (non-hydrogen) atoms. The van der Waals surface area contributed by atoms with Crippen molar-refractivity contribution in [1.82, 2.24) is 0 Å². The normalized spacial score (nSPS) is 12.2. The zero-order chi connectivity index (χ0) is 49.9. The minimum atomic E-state index is 0.996. The van der Waals surface area contributed by atoms with Crippen molar-refractivity contribution >= 4 is 77.8 Å². The van der Waals surface area contributed by atoms with Gasteiger partial charge in [0.2, 0.25) is 0 Å². The van der Waals surface area contributed by atoms with Crippen molar-refractivity contribution in [3.05, 3.63) is 303 Å². The molecule has 0 bridgehead atoms. The topological polar surface area (TPSA) is 9.72 Å². The largest absolute Gasteiger partial charge is 0.311 e. The van der Waals surface area contributed by atoms with Crippen LogP contribution in [0.15, 0.2) is 303 Å². The van der Waals surface area contributed by atoms with Gasteiger partial charge in [-0.1, -0.05) is 188 Å². The van der Waals surface area contributed by atoms with Gasteiger partial charge in [-0.15, -0.1) is 0 Å². The van der Waals surface area contributed by atoms with Gasteiger partial charge in [0.05, 0.1) is 0 Å². The molecule has 0 saturated heterocycles. The van der Waals surface area contributed by atoms with Crippen LogP contribution in [0.1, 0.15) is 12.8 Å². The Labute approximate surface area is 439 Å². The molecule has 356 valence electrons. The Morgan fingerprint density at radius 2 is 0.627 bits per heavy atom. The molecule has 0 radical (unpaired) electrons. The Morgan fingerprint density at radius 1 is 0.253 bits per heavy atom. The number of para-hydroxylation sites is 5. The SMILES string of the molecule is C1=CC(N(c2ccccc2)c2ccc3c(c2)c2cc(N(c4ccccc4)c4ccccc4)ccc2c2c(-c4ccccc4)cc(-c4ccccc4)c(-c4ccc(N(c5ccccc5)c5ccccc5)cc4)c32)=CCC1. The Hall–Kier alpha value is -9.70. The summed E-state index contributed by atoms with van der Waals surface area (Å²) >= 11 is 0. The van der Waals surface area contributed by atoms with Gasteiger partial charge in [0.1, 0.15) is 0 Å². The fourth-order valence-electron chi connectivity index (χ4n) is 11.2. The van der Waals surface area contributed by atoms with Crippen molar-refractivity contribution < 1.29 is 0 Å².